The smallest absolute Gasteiger partial charge is 0.343 e. The van der Waals surface area contributed by atoms with Crippen LogP contribution in [0.1, 0.15) is 26.7 Å². The van der Waals surface area contributed by atoms with Crippen molar-refractivity contribution in [2.24, 2.45) is 0 Å². The molecule has 2 heterocycles. The molecule has 2 unspecified atom stereocenters. The van der Waals surface area contributed by atoms with Crippen molar-refractivity contribution in [3.8, 4) is 0 Å². The quantitative estimate of drug-likeness (QED) is 0.806. The van der Waals surface area contributed by atoms with E-state index in [1.54, 1.807) is 4.57 Å². The minimum absolute atomic E-state index is 0.0507. The van der Waals surface area contributed by atoms with E-state index in [-0.39, 0.29) is 23.0 Å². The van der Waals surface area contributed by atoms with Crippen LogP contribution >= 0.6 is 11.8 Å². The summed E-state index contributed by atoms with van der Waals surface area (Å²) in [7, 11) is 0. The largest absolute Gasteiger partial charge is 0.462 e. The Balaban J connectivity index is 2.13. The number of H-pyrrole nitrogens is 1. The molecular weight excluding hydrogens is 242 g/mol. The molecule has 0 amide bonds. The second-order valence-corrected chi connectivity index (χ2v) is 5.22. The van der Waals surface area contributed by atoms with E-state index >= 15 is 0 Å². The van der Waals surface area contributed by atoms with E-state index in [0.29, 0.717) is 18.1 Å². The van der Waals surface area contributed by atoms with E-state index in [2.05, 4.69) is 10.2 Å². The van der Waals surface area contributed by atoms with Crippen LogP contribution in [0.5, 0.6) is 0 Å². The molecule has 2 rings (SSSR count). The number of nitrogens with one attached hydrogen (secondary N) is 1. The Kier molecular flexibility index (Phi) is 3.56. The first-order valence-corrected chi connectivity index (χ1v) is 6.52. The molecule has 1 aromatic rings. The summed E-state index contributed by atoms with van der Waals surface area (Å²) in [6, 6.07) is 0. The third-order valence-corrected chi connectivity index (χ3v) is 3.74. The Morgan fingerprint density at radius 1 is 1.59 bits per heavy atom. The van der Waals surface area contributed by atoms with Gasteiger partial charge in [-0.2, -0.15) is 0 Å². The maximum atomic E-state index is 11.5. The average Bonchev–Trinajstić information content (AvgIpc) is 2.76. The van der Waals surface area contributed by atoms with Gasteiger partial charge in [0.15, 0.2) is 5.16 Å². The van der Waals surface area contributed by atoms with Crippen LogP contribution in [0.3, 0.4) is 0 Å². The molecule has 0 aromatic carbocycles. The fourth-order valence-electron chi connectivity index (χ4n) is 1.76. The van der Waals surface area contributed by atoms with Crippen molar-refractivity contribution in [3.63, 3.8) is 0 Å². The van der Waals surface area contributed by atoms with Crippen molar-refractivity contribution in [2.75, 3.05) is 0 Å². The van der Waals surface area contributed by atoms with Gasteiger partial charge in [0, 0.05) is 13.0 Å². The molecule has 17 heavy (non-hydrogen) atoms. The van der Waals surface area contributed by atoms with Gasteiger partial charge in [-0.15, -0.1) is 5.10 Å². The van der Waals surface area contributed by atoms with Gasteiger partial charge in [-0.3, -0.25) is 9.36 Å². The molecule has 0 spiro atoms. The summed E-state index contributed by atoms with van der Waals surface area (Å²) < 4.78 is 6.62. The molecule has 2 atom stereocenters. The van der Waals surface area contributed by atoms with Crippen LogP contribution in [0.2, 0.25) is 0 Å². The molecule has 1 aliphatic heterocycles. The van der Waals surface area contributed by atoms with Crippen molar-refractivity contribution >= 4 is 17.7 Å². The monoisotopic (exact) mass is 257 g/mol. The molecule has 1 N–H and O–H groups in total. The van der Waals surface area contributed by atoms with Crippen LogP contribution in [0.15, 0.2) is 9.95 Å². The zero-order chi connectivity index (χ0) is 12.4. The SMILES string of the molecule is CCCn1c(SC2CC(C)OC2=O)n[nH]c1=O. The summed E-state index contributed by atoms with van der Waals surface area (Å²) in [5.41, 5.74) is -0.228. The van der Waals surface area contributed by atoms with Crippen molar-refractivity contribution in [2.45, 2.75) is 49.7 Å². The van der Waals surface area contributed by atoms with Gasteiger partial charge in [-0.1, -0.05) is 18.7 Å². The van der Waals surface area contributed by atoms with Crippen LogP contribution in [0, 0.1) is 0 Å². The zero-order valence-electron chi connectivity index (χ0n) is 9.80. The number of hydrogen-bond acceptors (Lipinski definition) is 5. The Hall–Kier alpha value is -1.24. The lowest BCUT2D eigenvalue weighted by molar-refractivity contribution is -0.140. The summed E-state index contributed by atoms with van der Waals surface area (Å²) in [4.78, 5) is 23.0. The predicted octanol–water partition coefficient (Wildman–Crippen LogP) is 0.777. The number of rotatable bonds is 4. The summed E-state index contributed by atoms with van der Waals surface area (Å²) in [6.07, 6.45) is 1.46. The standard InChI is InChI=1S/C10H15N3O3S/c1-3-4-13-9(15)11-12-10(13)17-7-5-6(2)16-8(7)14/h6-7H,3-5H2,1-2H3,(H,11,15). The minimum Gasteiger partial charge on any atom is -0.462 e. The number of nitrogens with zero attached hydrogens (tertiary/aromatic N) is 2. The lowest BCUT2D eigenvalue weighted by Gasteiger charge is -2.05. The average molecular weight is 257 g/mol. The van der Waals surface area contributed by atoms with Crippen LogP contribution < -0.4 is 5.69 Å². The van der Waals surface area contributed by atoms with Gasteiger partial charge < -0.3 is 4.74 Å². The molecule has 1 aliphatic rings. The fraction of sp³-hybridized carbons (Fsp3) is 0.700. The number of aromatic nitrogens is 3. The van der Waals surface area contributed by atoms with Crippen molar-refractivity contribution in [3.05, 3.63) is 10.5 Å². The number of ether oxygens (including phenoxy) is 1. The van der Waals surface area contributed by atoms with Gasteiger partial charge in [-0.25, -0.2) is 9.89 Å². The minimum atomic E-state index is -0.254. The molecule has 1 fully saturated rings. The molecule has 0 aliphatic carbocycles. The van der Waals surface area contributed by atoms with Gasteiger partial charge in [0.1, 0.15) is 11.4 Å². The van der Waals surface area contributed by atoms with E-state index in [9.17, 15) is 9.59 Å². The van der Waals surface area contributed by atoms with Gasteiger partial charge in [-0.05, 0) is 13.3 Å². The molecule has 94 valence electrons. The van der Waals surface area contributed by atoms with E-state index in [1.807, 2.05) is 13.8 Å². The highest BCUT2D eigenvalue weighted by Crippen LogP contribution is 2.30. The lowest BCUT2D eigenvalue weighted by Crippen LogP contribution is -2.18. The number of aromatic amines is 1. The van der Waals surface area contributed by atoms with Crippen molar-refractivity contribution in [1.82, 2.24) is 14.8 Å². The number of carbonyl (C=O) groups excluding carboxylic acids is 1. The van der Waals surface area contributed by atoms with E-state index in [1.165, 1.54) is 11.8 Å². The molecule has 0 saturated carbocycles. The summed E-state index contributed by atoms with van der Waals surface area (Å²) >= 11 is 1.30. The van der Waals surface area contributed by atoms with Crippen molar-refractivity contribution < 1.29 is 9.53 Å². The topological polar surface area (TPSA) is 77.0 Å². The fourth-order valence-corrected chi connectivity index (χ4v) is 2.93. The Labute approximate surface area is 103 Å². The third-order valence-electron chi connectivity index (χ3n) is 2.54. The number of esters is 1. The zero-order valence-corrected chi connectivity index (χ0v) is 10.6. The van der Waals surface area contributed by atoms with Crippen LogP contribution in [0.25, 0.3) is 0 Å². The molecule has 1 aromatic heterocycles. The van der Waals surface area contributed by atoms with Gasteiger partial charge in [0.25, 0.3) is 0 Å². The summed E-state index contributed by atoms with van der Waals surface area (Å²) in [5.74, 6) is -0.221. The number of thioether (sulfide) groups is 1. The van der Waals surface area contributed by atoms with Gasteiger partial charge in [0.2, 0.25) is 0 Å². The summed E-state index contributed by atoms with van der Waals surface area (Å²) in [6.45, 7) is 4.46. The van der Waals surface area contributed by atoms with Crippen molar-refractivity contribution in [1.29, 1.82) is 0 Å². The Bertz CT molecular complexity index is 468. The Morgan fingerprint density at radius 3 is 2.94 bits per heavy atom. The van der Waals surface area contributed by atoms with E-state index < -0.39 is 0 Å². The Morgan fingerprint density at radius 2 is 2.35 bits per heavy atom. The molecule has 6 nitrogen and oxygen atoms in total. The van der Waals surface area contributed by atoms with Gasteiger partial charge in [0.05, 0.1) is 0 Å². The number of hydrogen-bond donors (Lipinski definition) is 1. The second kappa shape index (κ2) is 4.95. The molecular formula is C10H15N3O3S. The highest BCUT2D eigenvalue weighted by Gasteiger charge is 2.34. The predicted molar refractivity (Wildman–Crippen MR) is 63.0 cm³/mol. The first-order chi connectivity index (χ1) is 8.11. The number of cyclic esters (lactones) is 1. The second-order valence-electron chi connectivity index (χ2n) is 4.05. The van der Waals surface area contributed by atoms with Gasteiger partial charge >= 0.3 is 11.7 Å². The van der Waals surface area contributed by atoms with Crippen LogP contribution in [-0.4, -0.2) is 32.1 Å². The normalized spacial score (nSPS) is 24.0. The summed E-state index contributed by atoms with van der Waals surface area (Å²) in [5, 5.41) is 6.65. The highest BCUT2D eigenvalue weighted by atomic mass is 32.2. The first-order valence-electron chi connectivity index (χ1n) is 5.64. The van der Waals surface area contributed by atoms with Crippen LogP contribution in [-0.2, 0) is 16.1 Å². The maximum Gasteiger partial charge on any atom is 0.343 e. The molecule has 0 bridgehead atoms. The first kappa shape index (κ1) is 12.2. The highest BCUT2D eigenvalue weighted by molar-refractivity contribution is 8.00. The maximum absolute atomic E-state index is 11.5. The number of carbonyl (C=O) groups is 1. The third kappa shape index (κ3) is 2.54. The van der Waals surface area contributed by atoms with Crippen LogP contribution in [0.4, 0.5) is 0 Å². The molecule has 0 radical (unpaired) electrons. The molecule has 7 heteroatoms. The van der Waals surface area contributed by atoms with E-state index in [4.69, 9.17) is 4.74 Å². The molecule has 1 saturated heterocycles. The van der Waals surface area contributed by atoms with E-state index in [0.717, 1.165) is 6.42 Å². The lowest BCUT2D eigenvalue weighted by atomic mass is 10.3.